The molecular weight excluding hydrogens is 255 g/mol. The number of anilines is 1. The predicted molar refractivity (Wildman–Crippen MR) is 73.3 cm³/mol. The van der Waals surface area contributed by atoms with Gasteiger partial charge >= 0.3 is 0 Å². The standard InChI is InChI=1S/C13H16Cl2N2/c14-10-6-11(15)8-13(7-10)17-5-4-16-3-1-2-12(16)9-17/h6-8,12H,1-5,9H2. The lowest BCUT2D eigenvalue weighted by atomic mass is 10.1. The summed E-state index contributed by atoms with van der Waals surface area (Å²) < 4.78 is 0. The lowest BCUT2D eigenvalue weighted by Gasteiger charge is -2.38. The van der Waals surface area contributed by atoms with Crippen LogP contribution in [0.25, 0.3) is 0 Å². The van der Waals surface area contributed by atoms with E-state index in [0.717, 1.165) is 41.4 Å². The maximum Gasteiger partial charge on any atom is 0.0441 e. The topological polar surface area (TPSA) is 6.48 Å². The summed E-state index contributed by atoms with van der Waals surface area (Å²) in [4.78, 5) is 5.01. The Hall–Kier alpha value is -0.440. The lowest BCUT2D eigenvalue weighted by Crippen LogP contribution is -2.50. The fraction of sp³-hybridized carbons (Fsp3) is 0.538. The van der Waals surface area contributed by atoms with Gasteiger partial charge in [-0.1, -0.05) is 23.2 Å². The highest BCUT2D eigenvalue weighted by atomic mass is 35.5. The number of fused-ring (bicyclic) bond motifs is 1. The molecule has 1 aromatic rings. The lowest BCUT2D eigenvalue weighted by molar-refractivity contribution is 0.231. The molecule has 2 aliphatic heterocycles. The minimum Gasteiger partial charge on any atom is -0.369 e. The molecular formula is C13H16Cl2N2. The number of nitrogens with zero attached hydrogens (tertiary/aromatic N) is 2. The first-order valence-electron chi connectivity index (χ1n) is 6.17. The second-order valence-corrected chi connectivity index (χ2v) is 5.78. The average Bonchev–Trinajstić information content (AvgIpc) is 2.74. The maximum atomic E-state index is 6.06. The van der Waals surface area contributed by atoms with E-state index in [-0.39, 0.29) is 0 Å². The Balaban J connectivity index is 1.80. The van der Waals surface area contributed by atoms with E-state index in [1.807, 2.05) is 12.1 Å². The largest absolute Gasteiger partial charge is 0.369 e. The summed E-state index contributed by atoms with van der Waals surface area (Å²) in [7, 11) is 0. The molecule has 1 unspecified atom stereocenters. The van der Waals surface area contributed by atoms with Gasteiger partial charge in [-0.3, -0.25) is 4.90 Å². The third kappa shape index (κ3) is 2.40. The fourth-order valence-electron chi connectivity index (χ4n) is 2.95. The summed E-state index contributed by atoms with van der Waals surface area (Å²) in [6, 6.07) is 6.54. The number of piperazine rings is 1. The molecule has 0 aromatic heterocycles. The van der Waals surface area contributed by atoms with Crippen molar-refractivity contribution in [2.24, 2.45) is 0 Å². The second kappa shape index (κ2) is 4.68. The van der Waals surface area contributed by atoms with Gasteiger partial charge in [-0.05, 0) is 37.6 Å². The van der Waals surface area contributed by atoms with E-state index in [2.05, 4.69) is 9.80 Å². The quantitative estimate of drug-likeness (QED) is 0.773. The van der Waals surface area contributed by atoms with Crippen LogP contribution in [0.2, 0.25) is 10.0 Å². The van der Waals surface area contributed by atoms with Crippen molar-refractivity contribution in [1.82, 2.24) is 4.90 Å². The van der Waals surface area contributed by atoms with Gasteiger partial charge in [0, 0.05) is 41.4 Å². The van der Waals surface area contributed by atoms with Gasteiger partial charge in [0.15, 0.2) is 0 Å². The van der Waals surface area contributed by atoms with Gasteiger partial charge in [0.2, 0.25) is 0 Å². The van der Waals surface area contributed by atoms with Crippen LogP contribution < -0.4 is 4.90 Å². The summed E-state index contributed by atoms with van der Waals surface area (Å²) in [6.07, 6.45) is 2.67. The van der Waals surface area contributed by atoms with Crippen molar-refractivity contribution in [3.05, 3.63) is 28.2 Å². The Morgan fingerprint density at radius 1 is 1.00 bits per heavy atom. The molecule has 2 saturated heterocycles. The zero-order chi connectivity index (χ0) is 11.8. The van der Waals surface area contributed by atoms with Crippen molar-refractivity contribution in [3.63, 3.8) is 0 Å². The Morgan fingerprint density at radius 3 is 2.53 bits per heavy atom. The molecule has 3 rings (SSSR count). The Morgan fingerprint density at radius 2 is 1.76 bits per heavy atom. The normalized spacial score (nSPS) is 25.1. The summed E-state index contributed by atoms with van der Waals surface area (Å²) in [5, 5.41) is 1.45. The van der Waals surface area contributed by atoms with Crippen LogP contribution in [0.1, 0.15) is 12.8 Å². The van der Waals surface area contributed by atoms with Crippen molar-refractivity contribution < 1.29 is 0 Å². The molecule has 0 aliphatic carbocycles. The third-order valence-electron chi connectivity index (χ3n) is 3.80. The molecule has 2 aliphatic rings. The van der Waals surface area contributed by atoms with E-state index in [4.69, 9.17) is 23.2 Å². The van der Waals surface area contributed by atoms with Gasteiger partial charge in [-0.15, -0.1) is 0 Å². The molecule has 17 heavy (non-hydrogen) atoms. The van der Waals surface area contributed by atoms with Crippen LogP contribution >= 0.6 is 23.2 Å². The van der Waals surface area contributed by atoms with Gasteiger partial charge in [-0.2, -0.15) is 0 Å². The molecule has 92 valence electrons. The van der Waals surface area contributed by atoms with Crippen LogP contribution in [0.3, 0.4) is 0 Å². The van der Waals surface area contributed by atoms with E-state index in [9.17, 15) is 0 Å². The van der Waals surface area contributed by atoms with Crippen LogP contribution in [0.5, 0.6) is 0 Å². The third-order valence-corrected chi connectivity index (χ3v) is 4.24. The molecule has 1 aromatic carbocycles. The Kier molecular flexibility index (Phi) is 3.20. The van der Waals surface area contributed by atoms with Crippen LogP contribution in [0, 0.1) is 0 Å². The number of hydrogen-bond acceptors (Lipinski definition) is 2. The van der Waals surface area contributed by atoms with E-state index >= 15 is 0 Å². The average molecular weight is 271 g/mol. The molecule has 0 saturated carbocycles. The number of hydrogen-bond donors (Lipinski definition) is 0. The first kappa shape index (κ1) is 11.6. The zero-order valence-electron chi connectivity index (χ0n) is 9.70. The molecule has 0 radical (unpaired) electrons. The minimum atomic E-state index is 0.723. The molecule has 0 spiro atoms. The highest BCUT2D eigenvalue weighted by Gasteiger charge is 2.30. The van der Waals surface area contributed by atoms with Gasteiger partial charge in [-0.25, -0.2) is 0 Å². The van der Waals surface area contributed by atoms with E-state index < -0.39 is 0 Å². The van der Waals surface area contributed by atoms with Crippen molar-refractivity contribution in [1.29, 1.82) is 0 Å². The SMILES string of the molecule is Clc1cc(Cl)cc(N2CCN3CCCC3C2)c1. The van der Waals surface area contributed by atoms with Crippen molar-refractivity contribution >= 4 is 28.9 Å². The molecule has 0 bridgehead atoms. The summed E-state index contributed by atoms with van der Waals surface area (Å²) in [5.74, 6) is 0. The summed E-state index contributed by atoms with van der Waals surface area (Å²) in [6.45, 7) is 4.62. The van der Waals surface area contributed by atoms with Crippen LogP contribution in [-0.2, 0) is 0 Å². The highest BCUT2D eigenvalue weighted by Crippen LogP contribution is 2.29. The number of halogens is 2. The summed E-state index contributed by atoms with van der Waals surface area (Å²) in [5.41, 5.74) is 1.16. The minimum absolute atomic E-state index is 0.723. The second-order valence-electron chi connectivity index (χ2n) is 4.91. The molecule has 2 nitrogen and oxygen atoms in total. The van der Waals surface area contributed by atoms with Gasteiger partial charge in [0.25, 0.3) is 0 Å². The van der Waals surface area contributed by atoms with E-state index in [1.54, 1.807) is 6.07 Å². The van der Waals surface area contributed by atoms with Crippen molar-refractivity contribution in [2.75, 3.05) is 31.1 Å². The molecule has 2 heterocycles. The summed E-state index contributed by atoms with van der Waals surface area (Å²) >= 11 is 12.1. The highest BCUT2D eigenvalue weighted by molar-refractivity contribution is 6.35. The van der Waals surface area contributed by atoms with Gasteiger partial charge in [0.05, 0.1) is 0 Å². The monoisotopic (exact) mass is 270 g/mol. The smallest absolute Gasteiger partial charge is 0.0441 e. The first-order valence-corrected chi connectivity index (χ1v) is 6.93. The number of benzene rings is 1. The zero-order valence-corrected chi connectivity index (χ0v) is 11.2. The predicted octanol–water partition coefficient (Wildman–Crippen LogP) is 3.28. The van der Waals surface area contributed by atoms with Crippen molar-refractivity contribution in [3.8, 4) is 0 Å². The maximum absolute atomic E-state index is 6.06. The van der Waals surface area contributed by atoms with Gasteiger partial charge in [0.1, 0.15) is 0 Å². The first-order chi connectivity index (χ1) is 8.22. The van der Waals surface area contributed by atoms with E-state index in [0.29, 0.717) is 0 Å². The van der Waals surface area contributed by atoms with Crippen LogP contribution in [-0.4, -0.2) is 37.1 Å². The Bertz CT molecular complexity index is 402. The molecule has 1 atom stereocenters. The molecule has 2 fully saturated rings. The number of rotatable bonds is 1. The Labute approximate surface area is 112 Å². The molecule has 4 heteroatoms. The van der Waals surface area contributed by atoms with E-state index in [1.165, 1.54) is 19.4 Å². The fourth-order valence-corrected chi connectivity index (χ4v) is 3.46. The van der Waals surface area contributed by atoms with Crippen LogP contribution in [0.4, 0.5) is 5.69 Å². The van der Waals surface area contributed by atoms with Crippen molar-refractivity contribution in [2.45, 2.75) is 18.9 Å². The molecule has 0 N–H and O–H groups in total. The van der Waals surface area contributed by atoms with Gasteiger partial charge < -0.3 is 4.90 Å². The molecule has 0 amide bonds. The van der Waals surface area contributed by atoms with Crippen LogP contribution in [0.15, 0.2) is 18.2 Å².